The first-order valence-corrected chi connectivity index (χ1v) is 4.36. The SMILES string of the molecule is CC=Nc1cc(C)c(C(C)=O)cc1F. The van der Waals surface area contributed by atoms with Crippen LogP contribution in [0.2, 0.25) is 0 Å². The van der Waals surface area contributed by atoms with Gasteiger partial charge in [-0.25, -0.2) is 4.39 Å². The van der Waals surface area contributed by atoms with E-state index in [1.165, 1.54) is 19.2 Å². The summed E-state index contributed by atoms with van der Waals surface area (Å²) in [6, 6.07) is 2.81. The lowest BCUT2D eigenvalue weighted by Crippen LogP contribution is -1.97. The molecule has 0 aliphatic rings. The molecular formula is C11H12FNO. The first kappa shape index (κ1) is 10.6. The molecule has 1 rings (SSSR count). The van der Waals surface area contributed by atoms with Gasteiger partial charge in [0.2, 0.25) is 0 Å². The van der Waals surface area contributed by atoms with Crippen LogP contribution in [0.15, 0.2) is 17.1 Å². The number of rotatable bonds is 2. The van der Waals surface area contributed by atoms with Crippen LogP contribution in [0.25, 0.3) is 0 Å². The Hall–Kier alpha value is -1.51. The molecule has 1 aromatic carbocycles. The minimum atomic E-state index is -0.459. The lowest BCUT2D eigenvalue weighted by Gasteiger charge is -2.04. The predicted octanol–water partition coefficient (Wildman–Crippen LogP) is 3.06. The Kier molecular flexibility index (Phi) is 3.12. The molecule has 1 aromatic rings. The summed E-state index contributed by atoms with van der Waals surface area (Å²) >= 11 is 0. The summed E-state index contributed by atoms with van der Waals surface area (Å²) < 4.78 is 13.3. The van der Waals surface area contributed by atoms with Crippen LogP contribution < -0.4 is 0 Å². The van der Waals surface area contributed by atoms with Crippen molar-refractivity contribution in [1.29, 1.82) is 0 Å². The zero-order valence-corrected chi connectivity index (χ0v) is 8.47. The number of nitrogens with zero attached hydrogens (tertiary/aromatic N) is 1. The molecule has 0 atom stereocenters. The topological polar surface area (TPSA) is 29.4 Å². The Labute approximate surface area is 82.5 Å². The number of hydrogen-bond acceptors (Lipinski definition) is 2. The van der Waals surface area contributed by atoms with Gasteiger partial charge in [-0.05, 0) is 38.5 Å². The average Bonchev–Trinajstić information content (AvgIpc) is 2.10. The highest BCUT2D eigenvalue weighted by Gasteiger charge is 2.09. The van der Waals surface area contributed by atoms with Crippen LogP contribution in [0.5, 0.6) is 0 Å². The molecule has 0 N–H and O–H groups in total. The average molecular weight is 193 g/mol. The highest BCUT2D eigenvalue weighted by Crippen LogP contribution is 2.22. The van der Waals surface area contributed by atoms with E-state index in [1.54, 1.807) is 19.9 Å². The van der Waals surface area contributed by atoms with Gasteiger partial charge >= 0.3 is 0 Å². The van der Waals surface area contributed by atoms with Crippen LogP contribution in [-0.4, -0.2) is 12.0 Å². The third-order valence-corrected chi connectivity index (χ3v) is 1.94. The Balaban J connectivity index is 3.30. The van der Waals surface area contributed by atoms with Crippen molar-refractivity contribution in [1.82, 2.24) is 0 Å². The van der Waals surface area contributed by atoms with Gasteiger partial charge in [-0.15, -0.1) is 0 Å². The molecule has 2 nitrogen and oxygen atoms in total. The minimum absolute atomic E-state index is 0.131. The second-order valence-electron chi connectivity index (χ2n) is 3.06. The fourth-order valence-electron chi connectivity index (χ4n) is 1.28. The molecule has 0 heterocycles. The van der Waals surface area contributed by atoms with Crippen molar-refractivity contribution in [2.75, 3.05) is 0 Å². The Morgan fingerprint density at radius 2 is 2.14 bits per heavy atom. The minimum Gasteiger partial charge on any atom is -0.294 e. The van der Waals surface area contributed by atoms with Crippen molar-refractivity contribution in [2.45, 2.75) is 20.8 Å². The fraction of sp³-hybridized carbons (Fsp3) is 0.273. The highest BCUT2D eigenvalue weighted by molar-refractivity contribution is 5.95. The van der Waals surface area contributed by atoms with E-state index in [-0.39, 0.29) is 11.5 Å². The molecule has 0 aliphatic carbocycles. The molecular weight excluding hydrogens is 181 g/mol. The number of ketones is 1. The molecule has 0 amide bonds. The number of carbonyl (C=O) groups excluding carboxylic acids is 1. The molecule has 0 spiro atoms. The molecule has 74 valence electrons. The third-order valence-electron chi connectivity index (χ3n) is 1.94. The summed E-state index contributed by atoms with van der Waals surface area (Å²) in [4.78, 5) is 14.9. The molecule has 0 aliphatic heterocycles. The number of Topliss-reactive ketones (excluding diaryl/α,β-unsaturated/α-hetero) is 1. The summed E-state index contributed by atoms with van der Waals surface area (Å²) in [5, 5.41) is 0. The summed E-state index contributed by atoms with van der Waals surface area (Å²) in [5.74, 6) is -0.590. The fourth-order valence-corrected chi connectivity index (χ4v) is 1.28. The van der Waals surface area contributed by atoms with Gasteiger partial charge in [0.1, 0.15) is 5.82 Å². The summed E-state index contributed by atoms with van der Waals surface area (Å²) in [6.45, 7) is 4.91. The molecule has 0 saturated heterocycles. The molecule has 14 heavy (non-hydrogen) atoms. The molecule has 0 radical (unpaired) electrons. The normalized spacial score (nSPS) is 10.9. The summed E-state index contributed by atoms with van der Waals surface area (Å²) in [6.07, 6.45) is 1.52. The van der Waals surface area contributed by atoms with E-state index in [0.717, 1.165) is 5.56 Å². The van der Waals surface area contributed by atoms with Gasteiger partial charge in [0.25, 0.3) is 0 Å². The van der Waals surface area contributed by atoms with Gasteiger partial charge < -0.3 is 0 Å². The van der Waals surface area contributed by atoms with E-state index in [9.17, 15) is 9.18 Å². The zero-order valence-electron chi connectivity index (χ0n) is 8.47. The quantitative estimate of drug-likeness (QED) is 0.524. The van der Waals surface area contributed by atoms with E-state index >= 15 is 0 Å². The molecule has 0 bridgehead atoms. The number of aryl methyl sites for hydroxylation is 1. The maximum Gasteiger partial charge on any atom is 0.160 e. The van der Waals surface area contributed by atoms with Crippen LogP contribution >= 0.6 is 0 Å². The van der Waals surface area contributed by atoms with Gasteiger partial charge in [-0.2, -0.15) is 0 Å². The molecule has 3 heteroatoms. The Morgan fingerprint density at radius 3 is 2.64 bits per heavy atom. The van der Waals surface area contributed by atoms with Crippen LogP contribution in [-0.2, 0) is 0 Å². The molecule has 0 saturated carbocycles. The lowest BCUT2D eigenvalue weighted by atomic mass is 10.0. The number of hydrogen-bond donors (Lipinski definition) is 0. The van der Waals surface area contributed by atoms with E-state index < -0.39 is 5.82 Å². The van der Waals surface area contributed by atoms with E-state index in [1.807, 2.05) is 0 Å². The number of aliphatic imine (C=N–C) groups is 1. The largest absolute Gasteiger partial charge is 0.294 e. The maximum atomic E-state index is 13.3. The van der Waals surface area contributed by atoms with Gasteiger partial charge in [0, 0.05) is 11.8 Å². The van der Waals surface area contributed by atoms with E-state index in [2.05, 4.69) is 4.99 Å². The van der Waals surface area contributed by atoms with Gasteiger partial charge in [0.15, 0.2) is 5.78 Å². The van der Waals surface area contributed by atoms with Crippen molar-refractivity contribution in [3.8, 4) is 0 Å². The van der Waals surface area contributed by atoms with Crippen LogP contribution in [0, 0.1) is 12.7 Å². The lowest BCUT2D eigenvalue weighted by molar-refractivity contribution is 0.101. The molecule has 0 aromatic heterocycles. The molecule has 0 fully saturated rings. The summed E-state index contributed by atoms with van der Waals surface area (Å²) in [5.41, 5.74) is 1.44. The second kappa shape index (κ2) is 4.13. The van der Waals surface area contributed by atoms with Gasteiger partial charge in [0.05, 0.1) is 5.69 Å². The highest BCUT2D eigenvalue weighted by atomic mass is 19.1. The third kappa shape index (κ3) is 2.05. The van der Waals surface area contributed by atoms with Crippen LogP contribution in [0.4, 0.5) is 10.1 Å². The van der Waals surface area contributed by atoms with E-state index in [4.69, 9.17) is 0 Å². The van der Waals surface area contributed by atoms with Crippen LogP contribution in [0.3, 0.4) is 0 Å². The van der Waals surface area contributed by atoms with Gasteiger partial charge in [-0.3, -0.25) is 9.79 Å². The first-order chi connectivity index (χ1) is 6.56. The second-order valence-corrected chi connectivity index (χ2v) is 3.06. The van der Waals surface area contributed by atoms with Crippen molar-refractivity contribution in [3.63, 3.8) is 0 Å². The summed E-state index contributed by atoms with van der Waals surface area (Å²) in [7, 11) is 0. The van der Waals surface area contributed by atoms with Crippen molar-refractivity contribution in [2.24, 2.45) is 4.99 Å². The number of benzene rings is 1. The standard InChI is InChI=1S/C11H12FNO/c1-4-13-11-5-7(2)9(8(3)14)6-10(11)12/h4-6H,1-3H3. The number of carbonyl (C=O) groups is 1. The zero-order chi connectivity index (χ0) is 10.7. The van der Waals surface area contributed by atoms with Crippen molar-refractivity contribution in [3.05, 3.63) is 29.1 Å². The maximum absolute atomic E-state index is 13.3. The van der Waals surface area contributed by atoms with Crippen LogP contribution in [0.1, 0.15) is 29.8 Å². The van der Waals surface area contributed by atoms with Crippen molar-refractivity contribution < 1.29 is 9.18 Å². The Bertz CT molecular complexity index is 397. The predicted molar refractivity (Wildman–Crippen MR) is 55.0 cm³/mol. The monoisotopic (exact) mass is 193 g/mol. The van der Waals surface area contributed by atoms with Gasteiger partial charge in [-0.1, -0.05) is 0 Å². The Morgan fingerprint density at radius 1 is 1.50 bits per heavy atom. The van der Waals surface area contributed by atoms with E-state index in [0.29, 0.717) is 5.56 Å². The van der Waals surface area contributed by atoms with Crippen molar-refractivity contribution >= 4 is 17.7 Å². The number of halogens is 1. The smallest absolute Gasteiger partial charge is 0.160 e. The molecule has 0 unspecified atom stereocenters. The first-order valence-electron chi connectivity index (χ1n) is 4.36.